The number of benzene rings is 2. The van der Waals surface area contributed by atoms with Crippen molar-refractivity contribution in [1.82, 2.24) is 5.43 Å². The summed E-state index contributed by atoms with van der Waals surface area (Å²) < 4.78 is 5.97. The minimum Gasteiger partial charge on any atom is -0.488 e. The summed E-state index contributed by atoms with van der Waals surface area (Å²) in [5, 5.41) is 0.718. The third-order valence-corrected chi connectivity index (χ3v) is 3.70. The molecule has 2 unspecified atom stereocenters. The first-order valence-electron chi connectivity index (χ1n) is 6.24. The predicted molar refractivity (Wildman–Crippen MR) is 76.1 cm³/mol. The fraction of sp³-hybridized carbons (Fsp3) is 0.200. The number of hydrogen-bond acceptors (Lipinski definition) is 3. The van der Waals surface area contributed by atoms with Crippen molar-refractivity contribution in [2.24, 2.45) is 5.84 Å². The van der Waals surface area contributed by atoms with Crippen LogP contribution in [0.2, 0.25) is 5.02 Å². The zero-order valence-electron chi connectivity index (χ0n) is 10.3. The minimum atomic E-state index is -0.0512. The Kier molecular flexibility index (Phi) is 3.42. The standard InChI is InChI=1S/C15H15ClN2O/c16-12-7-5-10(6-8-12)15(18-17)14-9-11-3-1-2-4-13(11)19-14/h1-8,14-15,18H,9,17H2. The lowest BCUT2D eigenvalue weighted by Crippen LogP contribution is -2.38. The van der Waals surface area contributed by atoms with Crippen LogP contribution >= 0.6 is 11.6 Å². The van der Waals surface area contributed by atoms with Crippen LogP contribution in [0.1, 0.15) is 17.2 Å². The van der Waals surface area contributed by atoms with Crippen molar-refractivity contribution >= 4 is 11.6 Å². The van der Waals surface area contributed by atoms with Gasteiger partial charge < -0.3 is 4.74 Å². The fourth-order valence-corrected chi connectivity index (χ4v) is 2.61. The van der Waals surface area contributed by atoms with Crippen molar-refractivity contribution in [3.8, 4) is 5.75 Å². The topological polar surface area (TPSA) is 47.3 Å². The second kappa shape index (κ2) is 5.21. The van der Waals surface area contributed by atoms with Gasteiger partial charge in [-0.3, -0.25) is 5.84 Å². The predicted octanol–water partition coefficient (Wildman–Crippen LogP) is 2.85. The Labute approximate surface area is 117 Å². The highest BCUT2D eigenvalue weighted by atomic mass is 35.5. The zero-order valence-corrected chi connectivity index (χ0v) is 11.1. The normalized spacial score (nSPS) is 18.7. The first kappa shape index (κ1) is 12.5. The van der Waals surface area contributed by atoms with Gasteiger partial charge in [0.15, 0.2) is 0 Å². The second-order valence-corrected chi connectivity index (χ2v) is 5.10. The molecule has 19 heavy (non-hydrogen) atoms. The summed E-state index contributed by atoms with van der Waals surface area (Å²) in [7, 11) is 0. The van der Waals surface area contributed by atoms with E-state index in [1.807, 2.05) is 42.5 Å². The van der Waals surface area contributed by atoms with Crippen LogP contribution in [0.4, 0.5) is 0 Å². The van der Waals surface area contributed by atoms with E-state index in [0.29, 0.717) is 0 Å². The first-order chi connectivity index (χ1) is 9.28. The largest absolute Gasteiger partial charge is 0.488 e. The summed E-state index contributed by atoms with van der Waals surface area (Å²) in [6.07, 6.45) is 0.858. The van der Waals surface area contributed by atoms with Crippen molar-refractivity contribution < 1.29 is 4.74 Å². The van der Waals surface area contributed by atoms with E-state index in [2.05, 4.69) is 11.5 Å². The van der Waals surface area contributed by atoms with E-state index >= 15 is 0 Å². The molecular weight excluding hydrogens is 260 g/mol. The van der Waals surface area contributed by atoms with Gasteiger partial charge in [-0.1, -0.05) is 41.9 Å². The van der Waals surface area contributed by atoms with Crippen molar-refractivity contribution in [2.45, 2.75) is 18.6 Å². The molecule has 2 atom stereocenters. The van der Waals surface area contributed by atoms with Crippen LogP contribution in [0.3, 0.4) is 0 Å². The number of halogens is 1. The van der Waals surface area contributed by atoms with E-state index < -0.39 is 0 Å². The third-order valence-electron chi connectivity index (χ3n) is 3.45. The van der Waals surface area contributed by atoms with Gasteiger partial charge >= 0.3 is 0 Å². The van der Waals surface area contributed by atoms with Gasteiger partial charge in [0.2, 0.25) is 0 Å². The molecule has 0 saturated carbocycles. The maximum absolute atomic E-state index is 5.97. The van der Waals surface area contributed by atoms with Gasteiger partial charge in [0.1, 0.15) is 11.9 Å². The van der Waals surface area contributed by atoms with Gasteiger partial charge in [0.25, 0.3) is 0 Å². The molecule has 0 amide bonds. The van der Waals surface area contributed by atoms with Crippen LogP contribution < -0.4 is 16.0 Å². The minimum absolute atomic E-state index is 0.00331. The maximum Gasteiger partial charge on any atom is 0.124 e. The van der Waals surface area contributed by atoms with Gasteiger partial charge in [-0.25, -0.2) is 5.43 Å². The van der Waals surface area contributed by atoms with Crippen molar-refractivity contribution in [2.75, 3.05) is 0 Å². The number of para-hydroxylation sites is 1. The molecule has 1 aliphatic heterocycles. The first-order valence-corrected chi connectivity index (χ1v) is 6.62. The van der Waals surface area contributed by atoms with E-state index in [9.17, 15) is 0 Å². The molecule has 0 spiro atoms. The Morgan fingerprint density at radius 1 is 1.16 bits per heavy atom. The number of rotatable bonds is 3. The molecule has 1 heterocycles. The Bertz CT molecular complexity index is 546. The Hall–Kier alpha value is -1.55. The molecule has 4 heteroatoms. The molecule has 0 aliphatic carbocycles. The highest BCUT2D eigenvalue weighted by Crippen LogP contribution is 2.33. The van der Waals surface area contributed by atoms with E-state index in [1.165, 1.54) is 5.56 Å². The molecule has 2 aromatic carbocycles. The molecule has 98 valence electrons. The van der Waals surface area contributed by atoms with Gasteiger partial charge in [-0.05, 0) is 29.3 Å². The summed E-state index contributed by atoms with van der Waals surface area (Å²) in [4.78, 5) is 0. The molecule has 0 saturated heterocycles. The van der Waals surface area contributed by atoms with E-state index in [0.717, 1.165) is 22.8 Å². The zero-order chi connectivity index (χ0) is 13.2. The van der Waals surface area contributed by atoms with Crippen LogP contribution in [0.5, 0.6) is 5.75 Å². The molecule has 3 N–H and O–H groups in total. The summed E-state index contributed by atoms with van der Waals surface area (Å²) >= 11 is 5.91. The second-order valence-electron chi connectivity index (χ2n) is 4.66. The molecule has 0 bridgehead atoms. The smallest absolute Gasteiger partial charge is 0.124 e. The Balaban J connectivity index is 1.83. The van der Waals surface area contributed by atoms with Gasteiger partial charge in [0, 0.05) is 11.4 Å². The molecule has 0 fully saturated rings. The lowest BCUT2D eigenvalue weighted by Gasteiger charge is -2.23. The van der Waals surface area contributed by atoms with E-state index in [4.69, 9.17) is 22.2 Å². The molecule has 0 radical (unpaired) electrons. The third kappa shape index (κ3) is 2.45. The van der Waals surface area contributed by atoms with Crippen LogP contribution in [-0.4, -0.2) is 6.10 Å². The molecular formula is C15H15ClN2O. The maximum atomic E-state index is 5.97. The number of nitrogens with two attached hydrogens (primary N) is 1. The SMILES string of the molecule is NNC(c1ccc(Cl)cc1)C1Cc2ccccc2O1. The Morgan fingerprint density at radius 3 is 2.58 bits per heavy atom. The monoisotopic (exact) mass is 274 g/mol. The summed E-state index contributed by atoms with van der Waals surface area (Å²) in [5.41, 5.74) is 5.14. The number of nitrogens with one attached hydrogen (secondary N) is 1. The quantitative estimate of drug-likeness (QED) is 0.668. The van der Waals surface area contributed by atoms with Crippen LogP contribution in [0.25, 0.3) is 0 Å². The lowest BCUT2D eigenvalue weighted by molar-refractivity contribution is 0.179. The molecule has 3 nitrogen and oxygen atoms in total. The van der Waals surface area contributed by atoms with Crippen LogP contribution in [-0.2, 0) is 6.42 Å². The number of ether oxygens (including phenoxy) is 1. The molecule has 3 rings (SSSR count). The highest BCUT2D eigenvalue weighted by molar-refractivity contribution is 6.30. The van der Waals surface area contributed by atoms with E-state index in [1.54, 1.807) is 0 Å². The average Bonchev–Trinajstić information content (AvgIpc) is 2.85. The lowest BCUT2D eigenvalue weighted by atomic mass is 9.98. The number of hydrogen-bond donors (Lipinski definition) is 2. The van der Waals surface area contributed by atoms with Gasteiger partial charge in [0.05, 0.1) is 6.04 Å². The van der Waals surface area contributed by atoms with Gasteiger partial charge in [-0.15, -0.1) is 0 Å². The van der Waals surface area contributed by atoms with Crippen LogP contribution in [0.15, 0.2) is 48.5 Å². The van der Waals surface area contributed by atoms with Crippen molar-refractivity contribution in [3.63, 3.8) is 0 Å². The summed E-state index contributed by atoms with van der Waals surface area (Å²) in [6, 6.07) is 15.7. The average molecular weight is 275 g/mol. The molecule has 2 aromatic rings. The van der Waals surface area contributed by atoms with E-state index in [-0.39, 0.29) is 12.1 Å². The molecule has 0 aromatic heterocycles. The Morgan fingerprint density at radius 2 is 1.89 bits per heavy atom. The van der Waals surface area contributed by atoms with Crippen molar-refractivity contribution in [1.29, 1.82) is 0 Å². The van der Waals surface area contributed by atoms with Crippen LogP contribution in [0, 0.1) is 0 Å². The number of fused-ring (bicyclic) bond motifs is 1. The highest BCUT2D eigenvalue weighted by Gasteiger charge is 2.30. The van der Waals surface area contributed by atoms with Gasteiger partial charge in [-0.2, -0.15) is 0 Å². The summed E-state index contributed by atoms with van der Waals surface area (Å²) in [5.74, 6) is 6.64. The summed E-state index contributed by atoms with van der Waals surface area (Å²) in [6.45, 7) is 0. The fourth-order valence-electron chi connectivity index (χ4n) is 2.48. The van der Waals surface area contributed by atoms with Crippen molar-refractivity contribution in [3.05, 3.63) is 64.7 Å². The molecule has 1 aliphatic rings. The number of hydrazine groups is 1.